The monoisotopic (exact) mass is 235 g/mol. The SMILES string of the molecule is c1cnc2nc(-c3cccc4[nH]cnc34)[nH]c2c1. The fourth-order valence-corrected chi connectivity index (χ4v) is 2.13. The molecule has 0 aliphatic heterocycles. The number of rotatable bonds is 1. The lowest BCUT2D eigenvalue weighted by atomic mass is 10.2. The van der Waals surface area contributed by atoms with Gasteiger partial charge in [0.25, 0.3) is 0 Å². The summed E-state index contributed by atoms with van der Waals surface area (Å²) in [6, 6.07) is 9.83. The first-order valence-corrected chi connectivity index (χ1v) is 5.65. The second-order valence-electron chi connectivity index (χ2n) is 4.06. The van der Waals surface area contributed by atoms with Gasteiger partial charge in [-0.25, -0.2) is 15.0 Å². The molecule has 0 spiro atoms. The molecule has 5 nitrogen and oxygen atoms in total. The highest BCUT2D eigenvalue weighted by Gasteiger charge is 2.10. The van der Waals surface area contributed by atoms with Crippen LogP contribution < -0.4 is 0 Å². The van der Waals surface area contributed by atoms with E-state index in [4.69, 9.17) is 0 Å². The van der Waals surface area contributed by atoms with Gasteiger partial charge in [-0.2, -0.15) is 0 Å². The zero-order valence-electron chi connectivity index (χ0n) is 9.38. The van der Waals surface area contributed by atoms with Crippen molar-refractivity contribution < 1.29 is 0 Å². The molecule has 0 aliphatic rings. The van der Waals surface area contributed by atoms with Crippen LogP contribution in [0.25, 0.3) is 33.6 Å². The predicted octanol–water partition coefficient (Wildman–Crippen LogP) is 2.50. The summed E-state index contributed by atoms with van der Waals surface area (Å²) in [6.07, 6.45) is 3.43. The van der Waals surface area contributed by atoms with Crippen molar-refractivity contribution in [3.63, 3.8) is 0 Å². The lowest BCUT2D eigenvalue weighted by Crippen LogP contribution is -1.82. The average Bonchev–Trinajstić information content (AvgIpc) is 3.04. The van der Waals surface area contributed by atoms with Gasteiger partial charge in [0, 0.05) is 11.8 Å². The molecule has 5 heteroatoms. The van der Waals surface area contributed by atoms with Crippen LogP contribution in [0.3, 0.4) is 0 Å². The van der Waals surface area contributed by atoms with Crippen molar-refractivity contribution in [3.8, 4) is 11.4 Å². The summed E-state index contributed by atoms with van der Waals surface area (Å²) in [5.74, 6) is 0.793. The van der Waals surface area contributed by atoms with E-state index >= 15 is 0 Å². The van der Waals surface area contributed by atoms with E-state index in [1.807, 2.05) is 30.3 Å². The van der Waals surface area contributed by atoms with E-state index in [1.165, 1.54) is 0 Å². The van der Waals surface area contributed by atoms with Crippen LogP contribution in [0.1, 0.15) is 0 Å². The van der Waals surface area contributed by atoms with Crippen molar-refractivity contribution in [2.24, 2.45) is 0 Å². The molecule has 0 saturated carbocycles. The van der Waals surface area contributed by atoms with Crippen LogP contribution in [0, 0.1) is 0 Å². The molecule has 0 atom stereocenters. The van der Waals surface area contributed by atoms with Crippen molar-refractivity contribution in [2.75, 3.05) is 0 Å². The molecule has 0 aliphatic carbocycles. The Morgan fingerprint density at radius 3 is 2.83 bits per heavy atom. The number of hydrogen-bond acceptors (Lipinski definition) is 3. The standard InChI is InChI=1S/C13H9N5/c1-3-8(11-9(4-1)15-7-16-11)12-17-10-5-2-6-14-13(10)18-12/h1-7H,(H,15,16)(H,14,17,18). The first-order chi connectivity index (χ1) is 8.92. The minimum atomic E-state index is 0.722. The fourth-order valence-electron chi connectivity index (χ4n) is 2.13. The van der Waals surface area contributed by atoms with Crippen LogP contribution in [0.2, 0.25) is 0 Å². The molecule has 3 aromatic heterocycles. The summed E-state index contributed by atoms with van der Waals surface area (Å²) in [7, 11) is 0. The Morgan fingerprint density at radius 1 is 0.944 bits per heavy atom. The quantitative estimate of drug-likeness (QED) is 0.532. The molecule has 4 rings (SSSR count). The number of pyridine rings is 1. The number of fused-ring (bicyclic) bond motifs is 2. The largest absolute Gasteiger partial charge is 0.345 e. The van der Waals surface area contributed by atoms with Gasteiger partial charge in [-0.3, -0.25) is 0 Å². The molecule has 3 heterocycles. The van der Waals surface area contributed by atoms with E-state index in [0.29, 0.717) is 0 Å². The third kappa shape index (κ3) is 1.24. The topological polar surface area (TPSA) is 70.2 Å². The molecule has 1 aromatic carbocycles. The zero-order valence-corrected chi connectivity index (χ0v) is 9.38. The number of benzene rings is 1. The smallest absolute Gasteiger partial charge is 0.178 e. The van der Waals surface area contributed by atoms with Crippen molar-refractivity contribution in [3.05, 3.63) is 42.9 Å². The average molecular weight is 235 g/mol. The lowest BCUT2D eigenvalue weighted by molar-refractivity contribution is 1.30. The molecule has 0 fully saturated rings. The molecular formula is C13H9N5. The molecule has 86 valence electrons. The highest BCUT2D eigenvalue weighted by atomic mass is 15.0. The third-order valence-electron chi connectivity index (χ3n) is 2.96. The van der Waals surface area contributed by atoms with Crippen molar-refractivity contribution in [1.29, 1.82) is 0 Å². The van der Waals surface area contributed by atoms with Crippen molar-refractivity contribution >= 4 is 22.2 Å². The van der Waals surface area contributed by atoms with Crippen LogP contribution in [-0.4, -0.2) is 24.9 Å². The number of hydrogen-bond donors (Lipinski definition) is 2. The van der Waals surface area contributed by atoms with E-state index in [9.17, 15) is 0 Å². The van der Waals surface area contributed by atoms with Gasteiger partial charge in [0.15, 0.2) is 5.65 Å². The van der Waals surface area contributed by atoms with E-state index in [-0.39, 0.29) is 0 Å². The Kier molecular flexibility index (Phi) is 1.77. The summed E-state index contributed by atoms with van der Waals surface area (Å²) >= 11 is 0. The number of H-pyrrole nitrogens is 2. The summed E-state index contributed by atoms with van der Waals surface area (Å²) < 4.78 is 0. The number of aromatic nitrogens is 5. The molecule has 4 aromatic rings. The zero-order chi connectivity index (χ0) is 11.9. The lowest BCUT2D eigenvalue weighted by Gasteiger charge is -1.97. The second kappa shape index (κ2) is 3.40. The number of aromatic amines is 2. The maximum atomic E-state index is 4.49. The van der Waals surface area contributed by atoms with Crippen LogP contribution in [0.5, 0.6) is 0 Å². The van der Waals surface area contributed by atoms with Crippen LogP contribution in [0.15, 0.2) is 42.9 Å². The van der Waals surface area contributed by atoms with Gasteiger partial charge >= 0.3 is 0 Å². The van der Waals surface area contributed by atoms with Crippen molar-refractivity contribution in [1.82, 2.24) is 24.9 Å². The number of nitrogens with one attached hydrogen (secondary N) is 2. The van der Waals surface area contributed by atoms with Gasteiger partial charge in [-0.15, -0.1) is 0 Å². The Labute approximate surface area is 102 Å². The van der Waals surface area contributed by atoms with Gasteiger partial charge in [-0.1, -0.05) is 6.07 Å². The minimum Gasteiger partial charge on any atom is -0.345 e. The van der Waals surface area contributed by atoms with Crippen LogP contribution >= 0.6 is 0 Å². The van der Waals surface area contributed by atoms with Gasteiger partial charge in [0.05, 0.1) is 22.9 Å². The summed E-state index contributed by atoms with van der Waals surface area (Å²) in [4.78, 5) is 19.4. The highest BCUT2D eigenvalue weighted by Crippen LogP contribution is 2.25. The number of nitrogens with zero attached hydrogens (tertiary/aromatic N) is 3. The van der Waals surface area contributed by atoms with E-state index in [0.717, 1.165) is 33.6 Å². The van der Waals surface area contributed by atoms with E-state index < -0.39 is 0 Å². The highest BCUT2D eigenvalue weighted by molar-refractivity contribution is 5.91. The molecule has 2 N–H and O–H groups in total. The predicted molar refractivity (Wildman–Crippen MR) is 69.0 cm³/mol. The Balaban J connectivity index is 2.04. The van der Waals surface area contributed by atoms with Crippen LogP contribution in [-0.2, 0) is 0 Å². The van der Waals surface area contributed by atoms with Crippen LogP contribution in [0.4, 0.5) is 0 Å². The van der Waals surface area contributed by atoms with E-state index in [2.05, 4.69) is 24.9 Å². The van der Waals surface area contributed by atoms with E-state index in [1.54, 1.807) is 12.5 Å². The third-order valence-corrected chi connectivity index (χ3v) is 2.96. The first kappa shape index (κ1) is 9.35. The fraction of sp³-hybridized carbons (Fsp3) is 0. The van der Waals surface area contributed by atoms with Gasteiger partial charge in [-0.05, 0) is 24.3 Å². The minimum absolute atomic E-state index is 0.722. The van der Waals surface area contributed by atoms with Crippen molar-refractivity contribution in [2.45, 2.75) is 0 Å². The van der Waals surface area contributed by atoms with Gasteiger partial charge < -0.3 is 9.97 Å². The molecular weight excluding hydrogens is 226 g/mol. The molecule has 18 heavy (non-hydrogen) atoms. The Hall–Kier alpha value is -2.69. The Morgan fingerprint density at radius 2 is 1.89 bits per heavy atom. The molecule has 0 radical (unpaired) electrons. The normalized spacial score (nSPS) is 11.3. The summed E-state index contributed by atoms with van der Waals surface area (Å²) in [5.41, 5.74) is 4.55. The van der Waals surface area contributed by atoms with Gasteiger partial charge in [0.2, 0.25) is 0 Å². The Bertz CT molecular complexity index is 809. The molecule has 0 unspecified atom stereocenters. The molecule has 0 saturated heterocycles. The first-order valence-electron chi connectivity index (χ1n) is 5.65. The summed E-state index contributed by atoms with van der Waals surface area (Å²) in [5, 5.41) is 0. The number of imidazole rings is 2. The molecule has 0 amide bonds. The molecule has 0 bridgehead atoms. The van der Waals surface area contributed by atoms with Gasteiger partial charge in [0.1, 0.15) is 5.82 Å². The number of para-hydroxylation sites is 1. The summed E-state index contributed by atoms with van der Waals surface area (Å²) in [6.45, 7) is 0. The maximum absolute atomic E-state index is 4.49. The maximum Gasteiger partial charge on any atom is 0.178 e. The second-order valence-corrected chi connectivity index (χ2v) is 4.06.